The minimum absolute atomic E-state index is 0.00440. The molecule has 1 aromatic heterocycles. The number of aromatic amines is 2. The summed E-state index contributed by atoms with van der Waals surface area (Å²) in [5, 5.41) is 18.6. The highest BCUT2D eigenvalue weighted by atomic mass is 32.1. The summed E-state index contributed by atoms with van der Waals surface area (Å²) in [6.07, 6.45) is 0. The van der Waals surface area contributed by atoms with Crippen LogP contribution in [0.4, 0.5) is 0 Å². The summed E-state index contributed by atoms with van der Waals surface area (Å²) in [7, 11) is 0. The molecule has 4 N–H and O–H groups in total. The number of carboxylic acids is 1. The van der Waals surface area contributed by atoms with Gasteiger partial charge in [-0.2, -0.15) is 0 Å². The molecule has 0 unspecified atom stereocenters. The fourth-order valence-electron chi connectivity index (χ4n) is 1.43. The van der Waals surface area contributed by atoms with Gasteiger partial charge in [-0.15, -0.1) is 0 Å². The van der Waals surface area contributed by atoms with Crippen molar-refractivity contribution in [3.05, 3.63) is 34.7 Å². The zero-order chi connectivity index (χ0) is 11.7. The first kappa shape index (κ1) is 10.4. The molecular formula is C10H8N2O3S. The molecule has 82 valence electrons. The molecule has 0 saturated heterocycles. The van der Waals surface area contributed by atoms with Gasteiger partial charge in [-0.3, -0.25) is 0 Å². The Hall–Kier alpha value is -2.08. The van der Waals surface area contributed by atoms with Gasteiger partial charge in [-0.1, -0.05) is 12.1 Å². The SMILES string of the molecule is O=C(O)c1[nH]c(=S)[nH]c1-c1ccccc1O. The zero-order valence-electron chi connectivity index (χ0n) is 8.02. The molecule has 1 heterocycles. The molecule has 1 aromatic carbocycles. The van der Waals surface area contributed by atoms with E-state index >= 15 is 0 Å². The van der Waals surface area contributed by atoms with E-state index in [9.17, 15) is 9.90 Å². The maximum Gasteiger partial charge on any atom is 0.354 e. The number of nitrogens with one attached hydrogen (secondary N) is 2. The number of H-pyrrole nitrogens is 2. The summed E-state index contributed by atoms with van der Waals surface area (Å²) in [6, 6.07) is 6.44. The molecule has 0 radical (unpaired) electrons. The lowest BCUT2D eigenvalue weighted by Gasteiger charge is -2.02. The first-order valence-electron chi connectivity index (χ1n) is 4.43. The number of imidazole rings is 1. The van der Waals surface area contributed by atoms with Crippen molar-refractivity contribution in [3.63, 3.8) is 0 Å². The van der Waals surface area contributed by atoms with E-state index in [1.54, 1.807) is 18.2 Å². The summed E-state index contributed by atoms with van der Waals surface area (Å²) < 4.78 is 0.204. The third-order valence-electron chi connectivity index (χ3n) is 2.11. The molecular weight excluding hydrogens is 228 g/mol. The van der Waals surface area contributed by atoms with E-state index < -0.39 is 5.97 Å². The Kier molecular flexibility index (Phi) is 2.49. The number of carbonyl (C=O) groups is 1. The van der Waals surface area contributed by atoms with Crippen molar-refractivity contribution < 1.29 is 15.0 Å². The van der Waals surface area contributed by atoms with Crippen LogP contribution in [-0.2, 0) is 0 Å². The van der Waals surface area contributed by atoms with Crippen molar-refractivity contribution in [2.75, 3.05) is 0 Å². The second-order valence-electron chi connectivity index (χ2n) is 3.15. The monoisotopic (exact) mass is 236 g/mol. The number of hydrogen-bond donors (Lipinski definition) is 4. The summed E-state index contributed by atoms with van der Waals surface area (Å²) in [4.78, 5) is 16.2. The first-order valence-corrected chi connectivity index (χ1v) is 4.84. The molecule has 0 spiro atoms. The molecule has 5 nitrogen and oxygen atoms in total. The van der Waals surface area contributed by atoms with Gasteiger partial charge in [0.15, 0.2) is 10.5 Å². The topological polar surface area (TPSA) is 89.1 Å². The number of hydrogen-bond acceptors (Lipinski definition) is 3. The average molecular weight is 236 g/mol. The van der Waals surface area contributed by atoms with E-state index in [-0.39, 0.29) is 21.9 Å². The Morgan fingerprint density at radius 1 is 1.25 bits per heavy atom. The van der Waals surface area contributed by atoms with Gasteiger partial charge in [0.05, 0.1) is 5.69 Å². The second kappa shape index (κ2) is 3.82. The molecule has 0 saturated carbocycles. The van der Waals surface area contributed by atoms with Gasteiger partial charge in [0, 0.05) is 5.56 Å². The van der Waals surface area contributed by atoms with Crippen LogP contribution in [0.2, 0.25) is 0 Å². The van der Waals surface area contributed by atoms with Gasteiger partial charge in [0.2, 0.25) is 0 Å². The molecule has 0 aliphatic carbocycles. The number of para-hydroxylation sites is 1. The highest BCUT2D eigenvalue weighted by Crippen LogP contribution is 2.29. The van der Waals surface area contributed by atoms with Crippen LogP contribution in [0.1, 0.15) is 10.5 Å². The summed E-state index contributed by atoms with van der Waals surface area (Å²) in [5.74, 6) is -1.14. The lowest BCUT2D eigenvalue weighted by atomic mass is 10.1. The van der Waals surface area contributed by atoms with Gasteiger partial charge in [-0.25, -0.2) is 4.79 Å². The van der Waals surface area contributed by atoms with Crippen LogP contribution in [-0.4, -0.2) is 26.2 Å². The minimum Gasteiger partial charge on any atom is -0.507 e. The number of rotatable bonds is 2. The van der Waals surface area contributed by atoms with Gasteiger partial charge in [0.25, 0.3) is 0 Å². The number of aromatic hydroxyl groups is 1. The van der Waals surface area contributed by atoms with Crippen molar-refractivity contribution in [1.82, 2.24) is 9.97 Å². The predicted molar refractivity (Wildman–Crippen MR) is 60.0 cm³/mol. The minimum atomic E-state index is -1.13. The Labute approximate surface area is 95.4 Å². The summed E-state index contributed by atoms with van der Waals surface area (Å²) in [5.41, 5.74) is 0.606. The lowest BCUT2D eigenvalue weighted by molar-refractivity contribution is 0.0692. The van der Waals surface area contributed by atoms with Crippen LogP contribution in [0.25, 0.3) is 11.3 Å². The standard InChI is InChI=1S/C10H8N2O3S/c13-6-4-2-1-3-5(6)7-8(9(14)15)12-10(16)11-7/h1-4,13H,(H,14,15)(H2,11,12,16). The van der Waals surface area contributed by atoms with E-state index in [1.807, 2.05) is 0 Å². The van der Waals surface area contributed by atoms with E-state index in [0.717, 1.165) is 0 Å². The molecule has 0 fully saturated rings. The van der Waals surface area contributed by atoms with Crippen LogP contribution in [0.15, 0.2) is 24.3 Å². The number of benzene rings is 1. The Morgan fingerprint density at radius 3 is 2.56 bits per heavy atom. The maximum atomic E-state index is 10.9. The van der Waals surface area contributed by atoms with E-state index in [2.05, 4.69) is 9.97 Å². The quantitative estimate of drug-likeness (QED) is 0.601. The van der Waals surface area contributed by atoms with Gasteiger partial charge in [0.1, 0.15) is 5.75 Å². The van der Waals surface area contributed by atoms with Gasteiger partial charge in [-0.05, 0) is 24.4 Å². The van der Waals surface area contributed by atoms with E-state index in [0.29, 0.717) is 5.56 Å². The van der Waals surface area contributed by atoms with E-state index in [1.165, 1.54) is 6.07 Å². The lowest BCUT2D eigenvalue weighted by Crippen LogP contribution is -1.99. The number of aromatic carboxylic acids is 1. The van der Waals surface area contributed by atoms with Gasteiger partial charge < -0.3 is 20.2 Å². The van der Waals surface area contributed by atoms with E-state index in [4.69, 9.17) is 17.3 Å². The average Bonchev–Trinajstić information content (AvgIpc) is 2.61. The normalized spacial score (nSPS) is 10.2. The number of carboxylic acid groups (broad SMARTS) is 1. The Bertz CT molecular complexity index is 600. The van der Waals surface area contributed by atoms with Gasteiger partial charge >= 0.3 is 5.97 Å². The van der Waals surface area contributed by atoms with Crippen LogP contribution in [0.5, 0.6) is 5.75 Å². The summed E-state index contributed by atoms with van der Waals surface area (Å²) in [6.45, 7) is 0. The fraction of sp³-hybridized carbons (Fsp3) is 0. The molecule has 0 aliphatic heterocycles. The maximum absolute atomic E-state index is 10.9. The van der Waals surface area contributed by atoms with Crippen molar-refractivity contribution in [1.29, 1.82) is 0 Å². The molecule has 2 rings (SSSR count). The molecule has 0 atom stereocenters. The van der Waals surface area contributed by atoms with Crippen LogP contribution < -0.4 is 0 Å². The van der Waals surface area contributed by atoms with Crippen molar-refractivity contribution in [3.8, 4) is 17.0 Å². The largest absolute Gasteiger partial charge is 0.507 e. The van der Waals surface area contributed by atoms with Crippen LogP contribution in [0.3, 0.4) is 0 Å². The second-order valence-corrected chi connectivity index (χ2v) is 3.56. The van der Waals surface area contributed by atoms with Crippen molar-refractivity contribution >= 4 is 18.2 Å². The number of aromatic nitrogens is 2. The molecule has 2 aromatic rings. The smallest absolute Gasteiger partial charge is 0.354 e. The van der Waals surface area contributed by atoms with Crippen molar-refractivity contribution in [2.24, 2.45) is 0 Å². The molecule has 0 aliphatic rings. The molecule has 6 heteroatoms. The fourth-order valence-corrected chi connectivity index (χ4v) is 1.63. The molecule has 0 amide bonds. The number of phenolic OH excluding ortho intramolecular Hbond substituents is 1. The predicted octanol–water partition coefficient (Wildman–Crippen LogP) is 2.14. The third kappa shape index (κ3) is 1.70. The highest BCUT2D eigenvalue weighted by molar-refractivity contribution is 7.71. The molecule has 0 bridgehead atoms. The van der Waals surface area contributed by atoms with Crippen LogP contribution >= 0.6 is 12.2 Å². The zero-order valence-corrected chi connectivity index (χ0v) is 8.84. The Balaban J connectivity index is 2.69. The Morgan fingerprint density at radius 2 is 1.94 bits per heavy atom. The van der Waals surface area contributed by atoms with Crippen LogP contribution in [0, 0.1) is 4.77 Å². The molecule has 16 heavy (non-hydrogen) atoms. The van der Waals surface area contributed by atoms with Crippen molar-refractivity contribution in [2.45, 2.75) is 0 Å². The first-order chi connectivity index (χ1) is 7.59. The third-order valence-corrected chi connectivity index (χ3v) is 2.32. The summed E-state index contributed by atoms with van der Waals surface area (Å²) >= 11 is 4.83. The highest BCUT2D eigenvalue weighted by Gasteiger charge is 2.16. The number of phenols is 1.